The maximum Gasteiger partial charge on any atom is 0.148 e. The van der Waals surface area contributed by atoms with E-state index in [1.54, 1.807) is 4.68 Å². The molecule has 3 nitrogen and oxygen atoms in total. The molecule has 2 rings (SSSR count). The molecule has 16 heavy (non-hydrogen) atoms. The summed E-state index contributed by atoms with van der Waals surface area (Å²) in [6.07, 6.45) is 0. The Kier molecular flexibility index (Phi) is 3.17. The van der Waals surface area contributed by atoms with Crippen molar-refractivity contribution in [2.75, 3.05) is 0 Å². The van der Waals surface area contributed by atoms with E-state index < -0.39 is 0 Å². The lowest BCUT2D eigenvalue weighted by molar-refractivity contribution is 0.824. The summed E-state index contributed by atoms with van der Waals surface area (Å²) in [6, 6.07) is 5.64. The molecule has 0 bridgehead atoms. The maximum absolute atomic E-state index is 6.09. The Morgan fingerprint density at radius 2 is 2.06 bits per heavy atom. The summed E-state index contributed by atoms with van der Waals surface area (Å²) in [4.78, 5) is 4.26. The largest absolute Gasteiger partial charge is 0.218 e. The zero-order valence-corrected chi connectivity index (χ0v) is 10.5. The molecule has 1 aromatic heterocycles. The number of benzene rings is 1. The van der Waals surface area contributed by atoms with E-state index >= 15 is 0 Å². The fraction of sp³-hybridized carbons (Fsp3) is 0.273. The third-order valence-corrected chi connectivity index (χ3v) is 2.95. The lowest BCUT2D eigenvalue weighted by Gasteiger charge is -2.09. The standard InChI is InChI=1S/C11H11Cl2N3/c1-7-14-8(2)16(15-7)11-5-3-4-10(13)9(11)6-12/h3-5H,6H2,1-2H3. The Hall–Kier alpha value is -1.06. The van der Waals surface area contributed by atoms with Gasteiger partial charge in [0.2, 0.25) is 0 Å². The molecule has 0 saturated carbocycles. The van der Waals surface area contributed by atoms with Crippen molar-refractivity contribution in [1.82, 2.24) is 14.8 Å². The summed E-state index contributed by atoms with van der Waals surface area (Å²) in [7, 11) is 0. The smallest absolute Gasteiger partial charge is 0.148 e. The van der Waals surface area contributed by atoms with Gasteiger partial charge in [-0.05, 0) is 26.0 Å². The fourth-order valence-corrected chi connectivity index (χ4v) is 2.21. The quantitative estimate of drug-likeness (QED) is 0.772. The molecule has 0 saturated heterocycles. The monoisotopic (exact) mass is 255 g/mol. The first-order valence-electron chi connectivity index (χ1n) is 4.87. The van der Waals surface area contributed by atoms with Gasteiger partial charge in [-0.1, -0.05) is 17.7 Å². The molecule has 2 aromatic rings. The van der Waals surface area contributed by atoms with Crippen LogP contribution in [0, 0.1) is 13.8 Å². The maximum atomic E-state index is 6.09. The van der Waals surface area contributed by atoms with Gasteiger partial charge in [-0.25, -0.2) is 9.67 Å². The van der Waals surface area contributed by atoms with E-state index in [1.165, 1.54) is 0 Å². The van der Waals surface area contributed by atoms with Crippen LogP contribution in [0.1, 0.15) is 17.2 Å². The molecular weight excluding hydrogens is 245 g/mol. The van der Waals surface area contributed by atoms with E-state index in [1.807, 2.05) is 32.0 Å². The first-order chi connectivity index (χ1) is 7.63. The normalized spacial score (nSPS) is 10.8. The van der Waals surface area contributed by atoms with Crippen molar-refractivity contribution in [3.8, 4) is 5.69 Å². The third-order valence-electron chi connectivity index (χ3n) is 2.33. The van der Waals surface area contributed by atoms with Crippen molar-refractivity contribution >= 4 is 23.2 Å². The molecule has 84 valence electrons. The van der Waals surface area contributed by atoms with Gasteiger partial charge in [0, 0.05) is 10.6 Å². The highest BCUT2D eigenvalue weighted by Gasteiger charge is 2.11. The highest BCUT2D eigenvalue weighted by atomic mass is 35.5. The molecule has 1 heterocycles. The SMILES string of the molecule is Cc1nc(C)n(-c2cccc(Cl)c2CCl)n1. The Bertz CT molecular complexity index is 520. The Morgan fingerprint density at radius 1 is 1.31 bits per heavy atom. The number of hydrogen-bond acceptors (Lipinski definition) is 2. The predicted octanol–water partition coefficient (Wildman–Crippen LogP) is 3.28. The van der Waals surface area contributed by atoms with Crippen LogP contribution in [-0.2, 0) is 5.88 Å². The topological polar surface area (TPSA) is 30.7 Å². The van der Waals surface area contributed by atoms with E-state index in [9.17, 15) is 0 Å². The zero-order valence-electron chi connectivity index (χ0n) is 9.04. The number of halogens is 2. The number of rotatable bonds is 2. The molecule has 0 amide bonds. The summed E-state index contributed by atoms with van der Waals surface area (Å²) in [5.74, 6) is 1.91. The van der Waals surface area contributed by atoms with Crippen molar-refractivity contribution in [3.63, 3.8) is 0 Å². The molecule has 1 aromatic carbocycles. The molecule has 0 spiro atoms. The summed E-state index contributed by atoms with van der Waals surface area (Å²) in [5.41, 5.74) is 1.76. The highest BCUT2D eigenvalue weighted by molar-refractivity contribution is 6.32. The summed E-state index contributed by atoms with van der Waals surface area (Å²) < 4.78 is 1.76. The van der Waals surface area contributed by atoms with Gasteiger partial charge in [0.25, 0.3) is 0 Å². The van der Waals surface area contributed by atoms with Crippen LogP contribution < -0.4 is 0 Å². The average Bonchev–Trinajstić information content (AvgIpc) is 2.57. The predicted molar refractivity (Wildman–Crippen MR) is 65.4 cm³/mol. The number of hydrogen-bond donors (Lipinski definition) is 0. The van der Waals surface area contributed by atoms with Gasteiger partial charge in [0.1, 0.15) is 11.6 Å². The Balaban J connectivity index is 2.64. The van der Waals surface area contributed by atoms with Gasteiger partial charge in [-0.3, -0.25) is 0 Å². The molecule has 0 radical (unpaired) electrons. The Labute approximate surface area is 104 Å². The van der Waals surface area contributed by atoms with Crippen LogP contribution in [0.25, 0.3) is 5.69 Å². The van der Waals surface area contributed by atoms with E-state index in [-0.39, 0.29) is 0 Å². The molecule has 0 aliphatic heterocycles. The van der Waals surface area contributed by atoms with E-state index in [2.05, 4.69) is 10.1 Å². The van der Waals surface area contributed by atoms with E-state index in [0.29, 0.717) is 10.9 Å². The summed E-state index contributed by atoms with van der Waals surface area (Å²) >= 11 is 12.0. The number of nitrogens with zero attached hydrogens (tertiary/aromatic N) is 3. The highest BCUT2D eigenvalue weighted by Crippen LogP contribution is 2.25. The molecule has 0 unspecified atom stereocenters. The average molecular weight is 256 g/mol. The molecule has 0 aliphatic carbocycles. The van der Waals surface area contributed by atoms with Gasteiger partial charge in [-0.2, -0.15) is 5.10 Å². The van der Waals surface area contributed by atoms with E-state index in [4.69, 9.17) is 23.2 Å². The minimum atomic E-state index is 0.355. The summed E-state index contributed by atoms with van der Waals surface area (Å²) in [5, 5.41) is 4.97. The van der Waals surface area contributed by atoms with Gasteiger partial charge in [0.05, 0.1) is 11.6 Å². The van der Waals surface area contributed by atoms with Crippen LogP contribution in [-0.4, -0.2) is 14.8 Å². The van der Waals surface area contributed by atoms with Crippen LogP contribution in [0.2, 0.25) is 5.02 Å². The zero-order chi connectivity index (χ0) is 11.7. The second-order valence-electron chi connectivity index (χ2n) is 3.49. The van der Waals surface area contributed by atoms with Gasteiger partial charge in [0.15, 0.2) is 0 Å². The minimum absolute atomic E-state index is 0.355. The molecular formula is C11H11Cl2N3. The first kappa shape index (κ1) is 11.4. The van der Waals surface area contributed by atoms with Crippen molar-refractivity contribution in [2.45, 2.75) is 19.7 Å². The number of alkyl halides is 1. The minimum Gasteiger partial charge on any atom is -0.218 e. The fourth-order valence-electron chi connectivity index (χ4n) is 1.63. The van der Waals surface area contributed by atoms with Crippen molar-refractivity contribution in [1.29, 1.82) is 0 Å². The second kappa shape index (κ2) is 4.44. The molecule has 0 N–H and O–H groups in total. The van der Waals surface area contributed by atoms with Crippen LogP contribution in [0.15, 0.2) is 18.2 Å². The lowest BCUT2D eigenvalue weighted by atomic mass is 10.2. The van der Waals surface area contributed by atoms with Crippen LogP contribution in [0.3, 0.4) is 0 Å². The summed E-state index contributed by atoms with van der Waals surface area (Å²) in [6.45, 7) is 3.76. The van der Waals surface area contributed by atoms with E-state index in [0.717, 1.165) is 22.9 Å². The van der Waals surface area contributed by atoms with Crippen molar-refractivity contribution in [3.05, 3.63) is 40.4 Å². The van der Waals surface area contributed by atoms with Crippen molar-refractivity contribution in [2.24, 2.45) is 0 Å². The van der Waals surface area contributed by atoms with Gasteiger partial charge < -0.3 is 0 Å². The van der Waals surface area contributed by atoms with Crippen LogP contribution in [0.5, 0.6) is 0 Å². The first-order valence-corrected chi connectivity index (χ1v) is 5.78. The molecule has 5 heteroatoms. The number of aromatic nitrogens is 3. The lowest BCUT2D eigenvalue weighted by Crippen LogP contribution is -2.03. The van der Waals surface area contributed by atoms with Gasteiger partial charge in [-0.15, -0.1) is 11.6 Å². The van der Waals surface area contributed by atoms with Crippen molar-refractivity contribution < 1.29 is 0 Å². The molecule has 0 fully saturated rings. The molecule has 0 aliphatic rings. The van der Waals surface area contributed by atoms with Gasteiger partial charge >= 0.3 is 0 Å². The third kappa shape index (κ3) is 1.93. The number of aryl methyl sites for hydroxylation is 2. The Morgan fingerprint density at radius 3 is 2.62 bits per heavy atom. The second-order valence-corrected chi connectivity index (χ2v) is 4.16. The van der Waals surface area contributed by atoms with Crippen LogP contribution >= 0.6 is 23.2 Å². The van der Waals surface area contributed by atoms with Crippen LogP contribution in [0.4, 0.5) is 0 Å². The molecule has 0 atom stereocenters.